The molecule has 88 valence electrons. The zero-order chi connectivity index (χ0) is 11.4. The Kier molecular flexibility index (Phi) is 3.99. The van der Waals surface area contributed by atoms with Crippen LogP contribution in [0, 0.1) is 6.92 Å². The summed E-state index contributed by atoms with van der Waals surface area (Å²) in [6.07, 6.45) is 8.53. The second-order valence-electron chi connectivity index (χ2n) is 4.38. The zero-order valence-corrected chi connectivity index (χ0v) is 10.5. The SMILES string of the molecule is Cc1cnc(N2CCCCC2CCCl)nc1. The quantitative estimate of drug-likeness (QED) is 0.760. The number of aryl methyl sites for hydroxylation is 1. The Labute approximate surface area is 102 Å². The first-order valence-corrected chi connectivity index (χ1v) is 6.46. The summed E-state index contributed by atoms with van der Waals surface area (Å²) in [5.41, 5.74) is 1.11. The molecule has 0 amide bonds. The summed E-state index contributed by atoms with van der Waals surface area (Å²) >= 11 is 5.85. The van der Waals surface area contributed by atoms with Gasteiger partial charge in [0.15, 0.2) is 0 Å². The van der Waals surface area contributed by atoms with Crippen LogP contribution in [0.15, 0.2) is 12.4 Å². The molecule has 1 aromatic rings. The molecule has 1 aliphatic heterocycles. The van der Waals surface area contributed by atoms with Gasteiger partial charge in [-0.2, -0.15) is 0 Å². The van der Waals surface area contributed by atoms with Gasteiger partial charge in [0.2, 0.25) is 5.95 Å². The number of rotatable bonds is 3. The van der Waals surface area contributed by atoms with Crippen molar-refractivity contribution >= 4 is 17.5 Å². The fourth-order valence-corrected chi connectivity index (χ4v) is 2.48. The third kappa shape index (κ3) is 2.64. The van der Waals surface area contributed by atoms with Crippen molar-refractivity contribution < 1.29 is 0 Å². The molecule has 0 bridgehead atoms. The van der Waals surface area contributed by atoms with Gasteiger partial charge in [-0.05, 0) is 38.2 Å². The first-order chi connectivity index (χ1) is 7.81. The smallest absolute Gasteiger partial charge is 0.225 e. The summed E-state index contributed by atoms with van der Waals surface area (Å²) in [5, 5.41) is 0. The molecule has 1 unspecified atom stereocenters. The van der Waals surface area contributed by atoms with Crippen molar-refractivity contribution in [1.82, 2.24) is 9.97 Å². The van der Waals surface area contributed by atoms with E-state index in [0.29, 0.717) is 11.9 Å². The van der Waals surface area contributed by atoms with Crippen molar-refractivity contribution in [2.24, 2.45) is 0 Å². The minimum atomic E-state index is 0.522. The maximum absolute atomic E-state index is 5.85. The van der Waals surface area contributed by atoms with Crippen molar-refractivity contribution in [1.29, 1.82) is 0 Å². The molecule has 1 fully saturated rings. The maximum atomic E-state index is 5.85. The van der Waals surface area contributed by atoms with E-state index in [1.165, 1.54) is 19.3 Å². The fraction of sp³-hybridized carbons (Fsp3) is 0.667. The molecular formula is C12H18ClN3. The molecule has 0 aliphatic carbocycles. The number of hydrogen-bond acceptors (Lipinski definition) is 3. The summed E-state index contributed by atoms with van der Waals surface area (Å²) in [6.45, 7) is 3.07. The van der Waals surface area contributed by atoms with E-state index in [9.17, 15) is 0 Å². The van der Waals surface area contributed by atoms with Gasteiger partial charge in [-0.15, -0.1) is 11.6 Å². The fourth-order valence-electron chi connectivity index (χ4n) is 2.22. The minimum absolute atomic E-state index is 0.522. The average molecular weight is 240 g/mol. The highest BCUT2D eigenvalue weighted by Gasteiger charge is 2.23. The van der Waals surface area contributed by atoms with E-state index in [1.54, 1.807) is 0 Å². The number of alkyl halides is 1. The van der Waals surface area contributed by atoms with Crippen LogP contribution in [0.2, 0.25) is 0 Å². The van der Waals surface area contributed by atoms with Gasteiger partial charge in [-0.25, -0.2) is 9.97 Å². The molecule has 1 aliphatic rings. The topological polar surface area (TPSA) is 29.0 Å². The predicted octanol–water partition coefficient (Wildman–Crippen LogP) is 2.77. The molecule has 4 heteroatoms. The first-order valence-electron chi connectivity index (χ1n) is 5.92. The van der Waals surface area contributed by atoms with E-state index in [2.05, 4.69) is 14.9 Å². The Bertz CT molecular complexity index is 324. The van der Waals surface area contributed by atoms with Crippen molar-refractivity contribution in [3.63, 3.8) is 0 Å². The molecule has 2 heterocycles. The highest BCUT2D eigenvalue weighted by atomic mass is 35.5. The largest absolute Gasteiger partial charge is 0.338 e. The molecule has 1 atom stereocenters. The zero-order valence-electron chi connectivity index (χ0n) is 9.69. The van der Waals surface area contributed by atoms with Gasteiger partial charge >= 0.3 is 0 Å². The predicted molar refractivity (Wildman–Crippen MR) is 67.1 cm³/mol. The number of piperidine rings is 1. The summed E-state index contributed by atoms with van der Waals surface area (Å²) in [7, 11) is 0. The first kappa shape index (κ1) is 11.6. The molecule has 0 radical (unpaired) electrons. The van der Waals surface area contributed by atoms with Gasteiger partial charge in [-0.1, -0.05) is 0 Å². The lowest BCUT2D eigenvalue weighted by Gasteiger charge is -2.35. The molecule has 2 rings (SSSR count). The normalized spacial score (nSPS) is 21.1. The lowest BCUT2D eigenvalue weighted by Crippen LogP contribution is -2.40. The van der Waals surface area contributed by atoms with E-state index in [0.717, 1.165) is 24.5 Å². The number of anilines is 1. The molecule has 1 aromatic heterocycles. The third-order valence-electron chi connectivity index (χ3n) is 3.09. The number of hydrogen-bond donors (Lipinski definition) is 0. The summed E-state index contributed by atoms with van der Waals surface area (Å²) < 4.78 is 0. The molecule has 1 saturated heterocycles. The van der Waals surface area contributed by atoms with Crippen LogP contribution in [0.4, 0.5) is 5.95 Å². The van der Waals surface area contributed by atoms with Crippen molar-refractivity contribution in [2.75, 3.05) is 17.3 Å². The van der Waals surface area contributed by atoms with Gasteiger partial charge in [0.25, 0.3) is 0 Å². The van der Waals surface area contributed by atoms with Gasteiger partial charge in [0, 0.05) is 30.9 Å². The lowest BCUT2D eigenvalue weighted by molar-refractivity contribution is 0.444. The standard InChI is InChI=1S/C12H18ClN3/c1-10-8-14-12(15-9-10)16-7-3-2-4-11(16)5-6-13/h8-9,11H,2-7H2,1H3. The Morgan fingerprint density at radius 1 is 1.38 bits per heavy atom. The number of halogens is 1. The van der Waals surface area contributed by atoms with E-state index in [4.69, 9.17) is 11.6 Å². The monoisotopic (exact) mass is 239 g/mol. The van der Waals surface area contributed by atoms with E-state index in [-0.39, 0.29) is 0 Å². The second kappa shape index (κ2) is 5.48. The number of aromatic nitrogens is 2. The van der Waals surface area contributed by atoms with Crippen molar-refractivity contribution in [2.45, 2.75) is 38.6 Å². The van der Waals surface area contributed by atoms with E-state index < -0.39 is 0 Å². The van der Waals surface area contributed by atoms with E-state index >= 15 is 0 Å². The van der Waals surface area contributed by atoms with Crippen molar-refractivity contribution in [3.05, 3.63) is 18.0 Å². The molecular weight excluding hydrogens is 222 g/mol. The van der Waals surface area contributed by atoms with Gasteiger partial charge in [0.05, 0.1) is 0 Å². The van der Waals surface area contributed by atoms with Crippen LogP contribution in [0.1, 0.15) is 31.2 Å². The molecule has 0 saturated carbocycles. The van der Waals surface area contributed by atoms with Crippen molar-refractivity contribution in [3.8, 4) is 0 Å². The summed E-state index contributed by atoms with van der Waals surface area (Å²) in [5.74, 6) is 1.58. The van der Waals surface area contributed by atoms with Crippen LogP contribution < -0.4 is 4.90 Å². The Balaban J connectivity index is 2.13. The Morgan fingerprint density at radius 2 is 2.12 bits per heavy atom. The maximum Gasteiger partial charge on any atom is 0.225 e. The molecule has 0 aromatic carbocycles. The van der Waals surface area contributed by atoms with Gasteiger partial charge in [-0.3, -0.25) is 0 Å². The second-order valence-corrected chi connectivity index (χ2v) is 4.76. The van der Waals surface area contributed by atoms with Crippen LogP contribution in [-0.2, 0) is 0 Å². The van der Waals surface area contributed by atoms with Crippen LogP contribution in [0.25, 0.3) is 0 Å². The highest BCUT2D eigenvalue weighted by Crippen LogP contribution is 2.23. The van der Waals surface area contributed by atoms with Gasteiger partial charge in [0.1, 0.15) is 0 Å². The van der Waals surface area contributed by atoms with E-state index in [1.807, 2.05) is 19.3 Å². The average Bonchev–Trinajstić information content (AvgIpc) is 2.32. The van der Waals surface area contributed by atoms with Crippen LogP contribution in [0.3, 0.4) is 0 Å². The lowest BCUT2D eigenvalue weighted by atomic mass is 10.0. The minimum Gasteiger partial charge on any atom is -0.338 e. The van der Waals surface area contributed by atoms with Gasteiger partial charge < -0.3 is 4.90 Å². The molecule has 16 heavy (non-hydrogen) atoms. The number of nitrogens with zero attached hydrogens (tertiary/aromatic N) is 3. The Morgan fingerprint density at radius 3 is 2.81 bits per heavy atom. The molecule has 3 nitrogen and oxygen atoms in total. The third-order valence-corrected chi connectivity index (χ3v) is 3.31. The summed E-state index contributed by atoms with van der Waals surface area (Å²) in [6, 6.07) is 0.522. The highest BCUT2D eigenvalue weighted by molar-refractivity contribution is 6.17. The van der Waals surface area contributed by atoms with Crippen LogP contribution in [-0.4, -0.2) is 28.4 Å². The van der Waals surface area contributed by atoms with Crippen LogP contribution in [0.5, 0.6) is 0 Å². The Hall–Kier alpha value is -0.830. The summed E-state index contributed by atoms with van der Waals surface area (Å²) in [4.78, 5) is 11.1. The molecule has 0 N–H and O–H groups in total. The van der Waals surface area contributed by atoms with Crippen LogP contribution >= 0.6 is 11.6 Å². The molecule has 0 spiro atoms.